The van der Waals surface area contributed by atoms with E-state index in [2.05, 4.69) is 31.2 Å². The Morgan fingerprint density at radius 3 is 3.21 bits per heavy atom. The van der Waals surface area contributed by atoms with Gasteiger partial charge in [0.1, 0.15) is 5.69 Å². The SMILES string of the molecule is CSc1ncc(Br)c(C(=O)NC[C@@H]2CCCOC2)n1. The monoisotopic (exact) mass is 345 g/mol. The number of rotatable bonds is 4. The lowest BCUT2D eigenvalue weighted by atomic mass is 10.0. The summed E-state index contributed by atoms with van der Waals surface area (Å²) in [6, 6.07) is 0. The van der Waals surface area contributed by atoms with Crippen LogP contribution < -0.4 is 5.32 Å². The van der Waals surface area contributed by atoms with Crippen molar-refractivity contribution >= 4 is 33.6 Å². The van der Waals surface area contributed by atoms with Gasteiger partial charge < -0.3 is 10.1 Å². The molecule has 7 heteroatoms. The van der Waals surface area contributed by atoms with Crippen LogP contribution >= 0.6 is 27.7 Å². The van der Waals surface area contributed by atoms with E-state index in [0.717, 1.165) is 26.1 Å². The van der Waals surface area contributed by atoms with Gasteiger partial charge in [-0.3, -0.25) is 4.79 Å². The normalized spacial score (nSPS) is 19.2. The second-order valence-corrected chi connectivity index (χ2v) is 5.97. The average Bonchev–Trinajstić information content (AvgIpc) is 2.46. The molecule has 1 fully saturated rings. The van der Waals surface area contributed by atoms with Crippen LogP contribution in [0.4, 0.5) is 0 Å². The van der Waals surface area contributed by atoms with Crippen LogP contribution in [0.3, 0.4) is 0 Å². The van der Waals surface area contributed by atoms with E-state index in [0.29, 0.717) is 27.8 Å². The molecule has 0 spiro atoms. The molecule has 0 aliphatic carbocycles. The van der Waals surface area contributed by atoms with Gasteiger partial charge in [0, 0.05) is 19.3 Å². The van der Waals surface area contributed by atoms with Crippen LogP contribution in [0.1, 0.15) is 23.3 Å². The molecular weight excluding hydrogens is 330 g/mol. The summed E-state index contributed by atoms with van der Waals surface area (Å²) in [4.78, 5) is 20.4. The first-order valence-electron chi connectivity index (χ1n) is 6.13. The van der Waals surface area contributed by atoms with E-state index < -0.39 is 0 Å². The van der Waals surface area contributed by atoms with Crippen LogP contribution in [-0.4, -0.2) is 41.9 Å². The van der Waals surface area contributed by atoms with Gasteiger partial charge in [0.2, 0.25) is 0 Å². The maximum atomic E-state index is 12.1. The van der Waals surface area contributed by atoms with Crippen molar-refractivity contribution in [2.45, 2.75) is 18.0 Å². The summed E-state index contributed by atoms with van der Waals surface area (Å²) in [5.74, 6) is 0.230. The molecule has 2 rings (SSSR count). The zero-order chi connectivity index (χ0) is 13.7. The summed E-state index contributed by atoms with van der Waals surface area (Å²) in [5, 5.41) is 3.50. The fraction of sp³-hybridized carbons (Fsp3) is 0.583. The molecule has 1 amide bonds. The molecule has 0 aromatic carbocycles. The molecule has 1 aromatic rings. The van der Waals surface area contributed by atoms with Crippen LogP contribution in [0.15, 0.2) is 15.8 Å². The Labute approximate surface area is 125 Å². The number of nitrogens with zero attached hydrogens (tertiary/aromatic N) is 2. The molecule has 1 aliphatic rings. The quantitative estimate of drug-likeness (QED) is 0.668. The van der Waals surface area contributed by atoms with Gasteiger partial charge in [-0.15, -0.1) is 0 Å². The third kappa shape index (κ3) is 4.15. The highest BCUT2D eigenvalue weighted by Gasteiger charge is 2.17. The lowest BCUT2D eigenvalue weighted by Crippen LogP contribution is -2.33. The smallest absolute Gasteiger partial charge is 0.271 e. The molecule has 1 aromatic heterocycles. The topological polar surface area (TPSA) is 64.1 Å². The number of nitrogens with one attached hydrogen (secondary N) is 1. The van der Waals surface area contributed by atoms with Crippen molar-refractivity contribution in [3.63, 3.8) is 0 Å². The zero-order valence-electron chi connectivity index (χ0n) is 10.7. The van der Waals surface area contributed by atoms with Gasteiger partial charge in [0.25, 0.3) is 5.91 Å². The Morgan fingerprint density at radius 2 is 2.53 bits per heavy atom. The summed E-state index contributed by atoms with van der Waals surface area (Å²) in [6.07, 6.45) is 5.65. The van der Waals surface area contributed by atoms with Gasteiger partial charge >= 0.3 is 0 Å². The van der Waals surface area contributed by atoms with Crippen molar-refractivity contribution in [2.75, 3.05) is 26.0 Å². The van der Waals surface area contributed by atoms with Crippen molar-refractivity contribution in [1.29, 1.82) is 0 Å². The van der Waals surface area contributed by atoms with Gasteiger partial charge in [-0.1, -0.05) is 11.8 Å². The minimum Gasteiger partial charge on any atom is -0.381 e. The Bertz CT molecular complexity index is 453. The number of halogens is 1. The first-order chi connectivity index (χ1) is 9.20. The number of thioether (sulfide) groups is 1. The number of carbonyl (C=O) groups excluding carboxylic acids is 1. The lowest BCUT2D eigenvalue weighted by Gasteiger charge is -2.22. The van der Waals surface area contributed by atoms with Gasteiger partial charge in [-0.2, -0.15) is 0 Å². The molecule has 0 saturated carbocycles. The first-order valence-corrected chi connectivity index (χ1v) is 8.15. The highest BCUT2D eigenvalue weighted by Crippen LogP contribution is 2.17. The van der Waals surface area contributed by atoms with Crippen LogP contribution in [0.25, 0.3) is 0 Å². The minimum absolute atomic E-state index is 0.171. The number of hydrogen-bond acceptors (Lipinski definition) is 5. The number of carbonyl (C=O) groups is 1. The van der Waals surface area contributed by atoms with Crippen LogP contribution in [0.2, 0.25) is 0 Å². The molecule has 1 saturated heterocycles. The molecule has 1 N–H and O–H groups in total. The van der Waals surface area contributed by atoms with E-state index in [1.807, 2.05) is 6.26 Å². The molecule has 2 heterocycles. The molecule has 5 nitrogen and oxygen atoms in total. The molecule has 19 heavy (non-hydrogen) atoms. The van der Waals surface area contributed by atoms with Crippen LogP contribution in [0, 0.1) is 5.92 Å². The predicted octanol–water partition coefficient (Wildman–Crippen LogP) is 2.12. The minimum atomic E-state index is -0.171. The Hall–Kier alpha value is -0.660. The molecule has 1 atom stereocenters. The molecule has 104 valence electrons. The van der Waals surface area contributed by atoms with Gasteiger partial charge in [-0.05, 0) is 40.9 Å². The second-order valence-electron chi connectivity index (χ2n) is 4.35. The number of ether oxygens (including phenoxy) is 1. The maximum absolute atomic E-state index is 12.1. The Morgan fingerprint density at radius 1 is 1.68 bits per heavy atom. The van der Waals surface area contributed by atoms with E-state index in [9.17, 15) is 4.79 Å². The highest BCUT2D eigenvalue weighted by atomic mass is 79.9. The van der Waals surface area contributed by atoms with Crippen molar-refractivity contribution in [2.24, 2.45) is 5.92 Å². The Kier molecular flexibility index (Phi) is 5.59. The van der Waals surface area contributed by atoms with E-state index in [4.69, 9.17) is 4.74 Å². The summed E-state index contributed by atoms with van der Waals surface area (Å²) in [5.41, 5.74) is 0.385. The number of aromatic nitrogens is 2. The summed E-state index contributed by atoms with van der Waals surface area (Å²) in [6.45, 7) is 2.18. The Balaban J connectivity index is 1.95. The average molecular weight is 346 g/mol. The molecular formula is C12H16BrN3O2S. The summed E-state index contributed by atoms with van der Waals surface area (Å²) < 4.78 is 6.00. The fourth-order valence-corrected chi connectivity index (χ4v) is 2.61. The van der Waals surface area contributed by atoms with Crippen molar-refractivity contribution < 1.29 is 9.53 Å². The summed E-state index contributed by atoms with van der Waals surface area (Å²) >= 11 is 4.72. The van der Waals surface area contributed by atoms with Crippen LogP contribution in [-0.2, 0) is 4.74 Å². The van der Waals surface area contributed by atoms with Crippen molar-refractivity contribution in [3.05, 3.63) is 16.4 Å². The van der Waals surface area contributed by atoms with E-state index in [1.165, 1.54) is 11.8 Å². The van der Waals surface area contributed by atoms with Crippen molar-refractivity contribution in [1.82, 2.24) is 15.3 Å². The van der Waals surface area contributed by atoms with Crippen LogP contribution in [0.5, 0.6) is 0 Å². The molecule has 0 radical (unpaired) electrons. The largest absolute Gasteiger partial charge is 0.381 e. The second kappa shape index (κ2) is 7.21. The molecule has 0 bridgehead atoms. The third-order valence-corrected chi connectivity index (χ3v) is 4.07. The standard InChI is InChI=1S/C12H16BrN3O2S/c1-19-12-15-6-9(13)10(16-12)11(17)14-5-8-3-2-4-18-7-8/h6,8H,2-5,7H2,1H3,(H,14,17)/t8-/m0/s1. The van der Waals surface area contributed by atoms with E-state index in [1.54, 1.807) is 6.20 Å². The lowest BCUT2D eigenvalue weighted by molar-refractivity contribution is 0.0535. The van der Waals surface area contributed by atoms with E-state index >= 15 is 0 Å². The number of hydrogen-bond donors (Lipinski definition) is 1. The predicted molar refractivity (Wildman–Crippen MR) is 77.4 cm³/mol. The molecule has 1 aliphatic heterocycles. The maximum Gasteiger partial charge on any atom is 0.271 e. The first kappa shape index (κ1) is 14.7. The molecule has 0 unspecified atom stereocenters. The van der Waals surface area contributed by atoms with E-state index in [-0.39, 0.29) is 5.91 Å². The zero-order valence-corrected chi connectivity index (χ0v) is 13.1. The van der Waals surface area contributed by atoms with Gasteiger partial charge in [0.05, 0.1) is 11.1 Å². The summed E-state index contributed by atoms with van der Waals surface area (Å²) in [7, 11) is 0. The fourth-order valence-electron chi connectivity index (χ4n) is 1.90. The van der Waals surface area contributed by atoms with Crippen molar-refractivity contribution in [3.8, 4) is 0 Å². The van der Waals surface area contributed by atoms with Gasteiger partial charge in [-0.25, -0.2) is 9.97 Å². The third-order valence-electron chi connectivity index (χ3n) is 2.93. The van der Waals surface area contributed by atoms with Gasteiger partial charge in [0.15, 0.2) is 5.16 Å². The highest BCUT2D eigenvalue weighted by molar-refractivity contribution is 9.10. The number of amides is 1.